The third kappa shape index (κ3) is 2.22. The van der Waals surface area contributed by atoms with E-state index >= 15 is 0 Å². The third-order valence-electron chi connectivity index (χ3n) is 2.44. The molecule has 0 fully saturated rings. The molecule has 0 bridgehead atoms. The van der Waals surface area contributed by atoms with Gasteiger partial charge >= 0.3 is 5.97 Å². The van der Waals surface area contributed by atoms with E-state index in [2.05, 4.69) is 15.1 Å². The standard InChI is InChI=1S/C12H14N4O2/c1-7(2)11-14-10(12(17)18)15-16(11)9-4-8(3)5-13-6-9/h4-7H,1-3H3,(H,17,18). The molecule has 6 nitrogen and oxygen atoms in total. The highest BCUT2D eigenvalue weighted by Crippen LogP contribution is 2.17. The number of aromatic nitrogens is 4. The first kappa shape index (κ1) is 12.2. The summed E-state index contributed by atoms with van der Waals surface area (Å²) >= 11 is 0. The van der Waals surface area contributed by atoms with Gasteiger partial charge in [0.1, 0.15) is 5.82 Å². The number of carbonyl (C=O) groups is 1. The molecule has 0 saturated carbocycles. The van der Waals surface area contributed by atoms with Crippen molar-refractivity contribution in [2.75, 3.05) is 0 Å². The molecule has 0 spiro atoms. The Bertz CT molecular complexity index is 590. The van der Waals surface area contributed by atoms with Crippen molar-refractivity contribution in [2.45, 2.75) is 26.7 Å². The molecule has 2 rings (SSSR count). The van der Waals surface area contributed by atoms with Gasteiger partial charge in [-0.2, -0.15) is 0 Å². The van der Waals surface area contributed by atoms with Crippen LogP contribution in [-0.2, 0) is 0 Å². The number of pyridine rings is 1. The van der Waals surface area contributed by atoms with E-state index in [1.54, 1.807) is 12.4 Å². The SMILES string of the molecule is Cc1cncc(-n2nc(C(=O)O)nc2C(C)C)c1. The molecule has 0 aliphatic carbocycles. The number of carboxylic acids is 1. The lowest BCUT2D eigenvalue weighted by molar-refractivity contribution is 0.0683. The maximum atomic E-state index is 10.9. The normalized spacial score (nSPS) is 10.9. The molecular weight excluding hydrogens is 232 g/mol. The summed E-state index contributed by atoms with van der Waals surface area (Å²) in [5.74, 6) is -0.637. The van der Waals surface area contributed by atoms with Gasteiger partial charge in [-0.3, -0.25) is 4.98 Å². The molecule has 18 heavy (non-hydrogen) atoms. The molecule has 0 radical (unpaired) electrons. The highest BCUT2D eigenvalue weighted by atomic mass is 16.4. The molecule has 0 aliphatic heterocycles. The van der Waals surface area contributed by atoms with Gasteiger partial charge in [-0.1, -0.05) is 13.8 Å². The van der Waals surface area contributed by atoms with Crippen LogP contribution in [0, 0.1) is 6.92 Å². The van der Waals surface area contributed by atoms with Crippen LogP contribution in [0.3, 0.4) is 0 Å². The van der Waals surface area contributed by atoms with Gasteiger partial charge in [0.05, 0.1) is 11.9 Å². The second-order valence-corrected chi connectivity index (χ2v) is 4.39. The minimum atomic E-state index is -1.13. The fourth-order valence-corrected chi connectivity index (χ4v) is 1.63. The number of nitrogens with zero attached hydrogens (tertiary/aromatic N) is 4. The van der Waals surface area contributed by atoms with Gasteiger partial charge in [0.25, 0.3) is 5.82 Å². The second-order valence-electron chi connectivity index (χ2n) is 4.39. The van der Waals surface area contributed by atoms with E-state index in [1.807, 2.05) is 26.8 Å². The summed E-state index contributed by atoms with van der Waals surface area (Å²) in [6.45, 7) is 5.80. The summed E-state index contributed by atoms with van der Waals surface area (Å²) in [6, 6.07) is 1.89. The molecule has 94 valence electrons. The van der Waals surface area contributed by atoms with E-state index in [9.17, 15) is 4.79 Å². The topological polar surface area (TPSA) is 80.9 Å². The highest BCUT2D eigenvalue weighted by molar-refractivity contribution is 5.83. The zero-order valence-corrected chi connectivity index (χ0v) is 10.5. The Labute approximate surface area is 104 Å². The summed E-state index contributed by atoms with van der Waals surface area (Å²) in [6.07, 6.45) is 3.37. The van der Waals surface area contributed by atoms with Crippen LogP contribution >= 0.6 is 0 Å². The van der Waals surface area contributed by atoms with Crippen LogP contribution in [0.4, 0.5) is 0 Å². The van der Waals surface area contributed by atoms with Crippen LogP contribution in [0.25, 0.3) is 5.69 Å². The van der Waals surface area contributed by atoms with Gasteiger partial charge in [-0.05, 0) is 18.6 Å². The van der Waals surface area contributed by atoms with Crippen LogP contribution in [-0.4, -0.2) is 30.8 Å². The van der Waals surface area contributed by atoms with Crippen LogP contribution < -0.4 is 0 Å². The first-order valence-corrected chi connectivity index (χ1v) is 5.61. The Morgan fingerprint density at radius 2 is 2.11 bits per heavy atom. The molecule has 2 heterocycles. The van der Waals surface area contributed by atoms with E-state index in [4.69, 9.17) is 5.11 Å². The maximum absolute atomic E-state index is 10.9. The number of hydrogen-bond donors (Lipinski definition) is 1. The fraction of sp³-hybridized carbons (Fsp3) is 0.333. The molecule has 0 atom stereocenters. The van der Waals surface area contributed by atoms with Crippen molar-refractivity contribution in [3.05, 3.63) is 35.7 Å². The Morgan fingerprint density at radius 1 is 1.39 bits per heavy atom. The Morgan fingerprint density at radius 3 is 2.67 bits per heavy atom. The van der Waals surface area contributed by atoms with Crippen molar-refractivity contribution in [2.24, 2.45) is 0 Å². The monoisotopic (exact) mass is 246 g/mol. The van der Waals surface area contributed by atoms with E-state index in [0.29, 0.717) is 5.82 Å². The molecule has 0 unspecified atom stereocenters. The summed E-state index contributed by atoms with van der Waals surface area (Å²) in [7, 11) is 0. The average molecular weight is 246 g/mol. The Balaban J connectivity index is 2.58. The van der Waals surface area contributed by atoms with Gasteiger partial charge in [-0.25, -0.2) is 14.5 Å². The first-order valence-electron chi connectivity index (χ1n) is 5.61. The molecule has 0 amide bonds. The molecule has 2 aromatic rings. The molecule has 0 saturated heterocycles. The van der Waals surface area contributed by atoms with Crippen LogP contribution in [0.1, 0.15) is 41.8 Å². The number of aromatic carboxylic acids is 1. The molecule has 1 N–H and O–H groups in total. The lowest BCUT2D eigenvalue weighted by atomic mass is 10.2. The number of rotatable bonds is 3. The number of hydrogen-bond acceptors (Lipinski definition) is 4. The summed E-state index contributed by atoms with van der Waals surface area (Å²) in [5, 5.41) is 13.0. The van der Waals surface area contributed by atoms with Gasteiger partial charge in [-0.15, -0.1) is 5.10 Å². The van der Waals surface area contributed by atoms with E-state index in [-0.39, 0.29) is 11.7 Å². The largest absolute Gasteiger partial charge is 0.475 e. The van der Waals surface area contributed by atoms with Crippen molar-refractivity contribution in [1.29, 1.82) is 0 Å². The van der Waals surface area contributed by atoms with Crippen molar-refractivity contribution >= 4 is 5.97 Å². The maximum Gasteiger partial charge on any atom is 0.375 e. The van der Waals surface area contributed by atoms with Gasteiger partial charge in [0.2, 0.25) is 0 Å². The summed E-state index contributed by atoms with van der Waals surface area (Å²) < 4.78 is 1.54. The zero-order chi connectivity index (χ0) is 13.3. The van der Waals surface area contributed by atoms with Crippen LogP contribution in [0.15, 0.2) is 18.5 Å². The summed E-state index contributed by atoms with van der Waals surface area (Å²) in [4.78, 5) is 19.1. The highest BCUT2D eigenvalue weighted by Gasteiger charge is 2.18. The zero-order valence-electron chi connectivity index (χ0n) is 10.5. The molecule has 6 heteroatoms. The molecular formula is C12H14N4O2. The second kappa shape index (κ2) is 4.56. The van der Waals surface area contributed by atoms with Crippen LogP contribution in [0.5, 0.6) is 0 Å². The van der Waals surface area contributed by atoms with E-state index in [1.165, 1.54) is 4.68 Å². The molecule has 2 aromatic heterocycles. The van der Waals surface area contributed by atoms with Gasteiger partial charge in [0, 0.05) is 12.1 Å². The fourth-order valence-electron chi connectivity index (χ4n) is 1.63. The van der Waals surface area contributed by atoms with Gasteiger partial charge < -0.3 is 5.11 Å². The molecule has 0 aliphatic rings. The predicted molar refractivity (Wildman–Crippen MR) is 64.9 cm³/mol. The van der Waals surface area contributed by atoms with Gasteiger partial charge in [0.15, 0.2) is 0 Å². The minimum absolute atomic E-state index is 0.0751. The van der Waals surface area contributed by atoms with Crippen molar-refractivity contribution in [3.8, 4) is 5.69 Å². The van der Waals surface area contributed by atoms with E-state index in [0.717, 1.165) is 11.3 Å². The smallest absolute Gasteiger partial charge is 0.375 e. The van der Waals surface area contributed by atoms with Crippen molar-refractivity contribution in [3.63, 3.8) is 0 Å². The van der Waals surface area contributed by atoms with Crippen LogP contribution in [0.2, 0.25) is 0 Å². The number of carboxylic acid groups (broad SMARTS) is 1. The first-order chi connectivity index (χ1) is 8.49. The quantitative estimate of drug-likeness (QED) is 0.892. The number of aryl methyl sites for hydroxylation is 1. The minimum Gasteiger partial charge on any atom is -0.475 e. The summed E-state index contributed by atoms with van der Waals surface area (Å²) in [5.41, 5.74) is 1.70. The Hall–Kier alpha value is -2.24. The van der Waals surface area contributed by atoms with Crippen molar-refractivity contribution in [1.82, 2.24) is 19.7 Å². The Kier molecular flexibility index (Phi) is 3.10. The van der Waals surface area contributed by atoms with Crippen molar-refractivity contribution < 1.29 is 9.90 Å². The predicted octanol–water partition coefficient (Wildman–Crippen LogP) is 1.79. The molecule has 0 aromatic carbocycles. The van der Waals surface area contributed by atoms with E-state index < -0.39 is 5.97 Å². The lowest BCUT2D eigenvalue weighted by Gasteiger charge is -2.07. The third-order valence-corrected chi connectivity index (χ3v) is 2.44. The lowest BCUT2D eigenvalue weighted by Crippen LogP contribution is -2.05. The average Bonchev–Trinajstić information content (AvgIpc) is 2.73.